The Morgan fingerprint density at radius 3 is 2.97 bits per heavy atom. The van der Waals surface area contributed by atoms with Gasteiger partial charge in [-0.1, -0.05) is 35.9 Å². The number of carbonyl (C=O) groups excluding carboxylic acids is 1. The average Bonchev–Trinajstić information content (AvgIpc) is 3.41. The predicted octanol–water partition coefficient (Wildman–Crippen LogP) is 5.73. The van der Waals surface area contributed by atoms with Gasteiger partial charge >= 0.3 is 0 Å². The lowest BCUT2D eigenvalue weighted by atomic mass is 9.97. The lowest BCUT2D eigenvalue weighted by Crippen LogP contribution is -2.39. The Morgan fingerprint density at radius 2 is 2.13 bits per heavy atom. The van der Waals surface area contributed by atoms with Gasteiger partial charge in [-0.05, 0) is 55.2 Å². The van der Waals surface area contributed by atoms with Crippen LogP contribution in [0.4, 0.5) is 0 Å². The number of likely N-dealkylation sites (tertiary alicyclic amines) is 1. The number of benzene rings is 2. The minimum atomic E-state index is 0.0333. The van der Waals surface area contributed by atoms with Crippen molar-refractivity contribution in [2.75, 3.05) is 13.1 Å². The second-order valence-corrected chi connectivity index (χ2v) is 8.72. The van der Waals surface area contributed by atoms with Crippen LogP contribution in [0.2, 0.25) is 5.02 Å². The Hall–Kier alpha value is -3.05. The molecular weight excluding hydrogens is 410 g/mol. The van der Waals surface area contributed by atoms with E-state index in [-0.39, 0.29) is 11.8 Å². The standard InChI is InChI=1S/C25H24ClN3O2/c1-16-5-2-9-22-21(16)13-23(28-22)25(30)29-10-4-7-18(15-29)24-27-14-20(31-24)12-17-6-3-8-19(26)11-17/h2-3,5-6,8-9,11,13-14,18,28H,4,7,10,12,15H2,1H3. The van der Waals surface area contributed by atoms with Gasteiger partial charge in [0.1, 0.15) is 11.5 Å². The third-order valence-electron chi connectivity index (χ3n) is 6.01. The maximum Gasteiger partial charge on any atom is 0.270 e. The predicted molar refractivity (Wildman–Crippen MR) is 122 cm³/mol. The first-order chi connectivity index (χ1) is 15.1. The number of hydrogen-bond acceptors (Lipinski definition) is 3. The van der Waals surface area contributed by atoms with E-state index in [2.05, 4.69) is 23.0 Å². The maximum absolute atomic E-state index is 13.2. The Kier molecular flexibility index (Phi) is 5.28. The van der Waals surface area contributed by atoms with Crippen LogP contribution in [0.3, 0.4) is 0 Å². The molecule has 0 bridgehead atoms. The maximum atomic E-state index is 13.2. The lowest BCUT2D eigenvalue weighted by molar-refractivity contribution is 0.0693. The highest BCUT2D eigenvalue weighted by Crippen LogP contribution is 2.29. The fraction of sp³-hybridized carbons (Fsp3) is 0.280. The topological polar surface area (TPSA) is 62.1 Å². The van der Waals surface area contributed by atoms with Crippen molar-refractivity contribution < 1.29 is 9.21 Å². The fourth-order valence-electron chi connectivity index (χ4n) is 4.40. The number of nitrogens with one attached hydrogen (secondary N) is 1. The molecule has 1 unspecified atom stereocenters. The zero-order valence-corrected chi connectivity index (χ0v) is 18.2. The Bertz CT molecular complexity index is 1240. The van der Waals surface area contributed by atoms with Gasteiger partial charge in [-0.2, -0.15) is 0 Å². The molecule has 0 spiro atoms. The van der Waals surface area contributed by atoms with Crippen molar-refractivity contribution >= 4 is 28.4 Å². The van der Waals surface area contributed by atoms with Gasteiger partial charge in [-0.25, -0.2) is 4.98 Å². The second kappa shape index (κ2) is 8.23. The number of rotatable bonds is 4. The van der Waals surface area contributed by atoms with E-state index in [1.165, 1.54) is 0 Å². The van der Waals surface area contributed by atoms with Crippen LogP contribution in [0.1, 0.15) is 52.0 Å². The van der Waals surface area contributed by atoms with Crippen LogP contribution < -0.4 is 0 Å². The van der Waals surface area contributed by atoms with Gasteiger partial charge in [0.15, 0.2) is 5.89 Å². The summed E-state index contributed by atoms with van der Waals surface area (Å²) >= 11 is 6.08. The summed E-state index contributed by atoms with van der Waals surface area (Å²) in [6, 6.07) is 15.8. The van der Waals surface area contributed by atoms with Crippen molar-refractivity contribution in [3.63, 3.8) is 0 Å². The molecule has 2 aromatic heterocycles. The largest absolute Gasteiger partial charge is 0.445 e. The van der Waals surface area contributed by atoms with E-state index in [1.54, 1.807) is 6.20 Å². The monoisotopic (exact) mass is 433 g/mol. The number of amides is 1. The van der Waals surface area contributed by atoms with E-state index in [9.17, 15) is 4.79 Å². The zero-order chi connectivity index (χ0) is 21.4. The Morgan fingerprint density at radius 1 is 1.26 bits per heavy atom. The van der Waals surface area contributed by atoms with Crippen molar-refractivity contribution in [1.82, 2.24) is 14.9 Å². The summed E-state index contributed by atoms with van der Waals surface area (Å²) < 4.78 is 6.06. The van der Waals surface area contributed by atoms with Crippen molar-refractivity contribution in [2.24, 2.45) is 0 Å². The molecule has 6 heteroatoms. The highest BCUT2D eigenvalue weighted by atomic mass is 35.5. The second-order valence-electron chi connectivity index (χ2n) is 8.28. The fourth-order valence-corrected chi connectivity index (χ4v) is 4.61. The third kappa shape index (κ3) is 4.10. The number of fused-ring (bicyclic) bond motifs is 1. The van der Waals surface area contributed by atoms with E-state index in [1.807, 2.05) is 47.4 Å². The molecule has 0 radical (unpaired) electrons. The molecule has 1 saturated heterocycles. The normalized spacial score (nSPS) is 16.7. The third-order valence-corrected chi connectivity index (χ3v) is 6.24. The number of H-pyrrole nitrogens is 1. The molecule has 0 saturated carbocycles. The highest BCUT2D eigenvalue weighted by Gasteiger charge is 2.29. The van der Waals surface area contributed by atoms with Crippen LogP contribution in [0.5, 0.6) is 0 Å². The van der Waals surface area contributed by atoms with Gasteiger partial charge in [0.2, 0.25) is 0 Å². The summed E-state index contributed by atoms with van der Waals surface area (Å²) in [5.41, 5.74) is 3.88. The molecule has 3 heterocycles. The first-order valence-corrected chi connectivity index (χ1v) is 11.0. The van der Waals surface area contributed by atoms with Crippen LogP contribution in [-0.2, 0) is 6.42 Å². The van der Waals surface area contributed by atoms with Crippen molar-refractivity contribution in [3.05, 3.63) is 88.2 Å². The van der Waals surface area contributed by atoms with E-state index >= 15 is 0 Å². The van der Waals surface area contributed by atoms with Crippen LogP contribution >= 0.6 is 11.6 Å². The number of carbonyl (C=O) groups is 1. The summed E-state index contributed by atoms with van der Waals surface area (Å²) in [5, 5.41) is 1.81. The number of aromatic nitrogens is 2. The molecule has 5 rings (SSSR count). The zero-order valence-electron chi connectivity index (χ0n) is 17.4. The highest BCUT2D eigenvalue weighted by molar-refractivity contribution is 6.30. The summed E-state index contributed by atoms with van der Waals surface area (Å²) in [7, 11) is 0. The van der Waals surface area contributed by atoms with Crippen LogP contribution in [0, 0.1) is 6.92 Å². The van der Waals surface area contributed by atoms with Gasteiger partial charge in [0.05, 0.1) is 12.1 Å². The SMILES string of the molecule is Cc1cccc2[nH]c(C(=O)N3CCCC(c4ncc(Cc5cccc(Cl)c5)o4)C3)cc12. The molecule has 4 aromatic rings. The number of nitrogens with zero attached hydrogens (tertiary/aromatic N) is 2. The van der Waals surface area contributed by atoms with Gasteiger partial charge in [-0.15, -0.1) is 0 Å². The minimum absolute atomic E-state index is 0.0333. The number of aromatic amines is 1. The van der Waals surface area contributed by atoms with Gasteiger partial charge in [0.25, 0.3) is 5.91 Å². The molecular formula is C25H24ClN3O2. The number of halogens is 1. The van der Waals surface area contributed by atoms with Crippen molar-refractivity contribution in [3.8, 4) is 0 Å². The molecule has 2 aromatic carbocycles. The first-order valence-electron chi connectivity index (χ1n) is 10.6. The van der Waals surface area contributed by atoms with Crippen LogP contribution in [-0.4, -0.2) is 33.9 Å². The van der Waals surface area contributed by atoms with E-state index in [4.69, 9.17) is 16.0 Å². The molecule has 5 nitrogen and oxygen atoms in total. The van der Waals surface area contributed by atoms with Crippen molar-refractivity contribution in [2.45, 2.75) is 32.1 Å². The number of piperidine rings is 1. The molecule has 1 fully saturated rings. The smallest absolute Gasteiger partial charge is 0.270 e. The molecule has 1 aliphatic heterocycles. The molecule has 1 N–H and O–H groups in total. The molecule has 31 heavy (non-hydrogen) atoms. The first kappa shape index (κ1) is 19.9. The number of oxazole rings is 1. The Balaban J connectivity index is 1.30. The summed E-state index contributed by atoms with van der Waals surface area (Å²) in [6.07, 6.45) is 4.34. The van der Waals surface area contributed by atoms with Gasteiger partial charge in [-0.3, -0.25) is 4.79 Å². The Labute approximate surface area is 186 Å². The van der Waals surface area contributed by atoms with E-state index in [0.717, 1.165) is 47.2 Å². The average molecular weight is 434 g/mol. The number of hydrogen-bond donors (Lipinski definition) is 1. The molecule has 1 amide bonds. The molecule has 1 aliphatic rings. The molecule has 0 aliphatic carbocycles. The number of aryl methyl sites for hydroxylation is 1. The van der Waals surface area contributed by atoms with Crippen LogP contribution in [0.25, 0.3) is 10.9 Å². The molecule has 158 valence electrons. The van der Waals surface area contributed by atoms with Gasteiger partial charge in [0, 0.05) is 35.4 Å². The van der Waals surface area contributed by atoms with E-state index < -0.39 is 0 Å². The summed E-state index contributed by atoms with van der Waals surface area (Å²) in [5.74, 6) is 1.66. The lowest BCUT2D eigenvalue weighted by Gasteiger charge is -2.31. The quantitative estimate of drug-likeness (QED) is 0.447. The summed E-state index contributed by atoms with van der Waals surface area (Å²) in [4.78, 5) is 22.9. The van der Waals surface area contributed by atoms with Gasteiger partial charge < -0.3 is 14.3 Å². The van der Waals surface area contributed by atoms with Crippen molar-refractivity contribution in [1.29, 1.82) is 0 Å². The van der Waals surface area contributed by atoms with E-state index in [0.29, 0.717) is 29.6 Å². The summed E-state index contributed by atoms with van der Waals surface area (Å²) in [6.45, 7) is 3.43. The van der Waals surface area contributed by atoms with Crippen LogP contribution in [0.15, 0.2) is 59.1 Å². The molecule has 1 atom stereocenters. The minimum Gasteiger partial charge on any atom is -0.445 e.